The molecule has 31 heavy (non-hydrogen) atoms. The van der Waals surface area contributed by atoms with Gasteiger partial charge in [-0.2, -0.15) is 5.26 Å². The van der Waals surface area contributed by atoms with Gasteiger partial charge in [-0.15, -0.1) is 0 Å². The highest BCUT2D eigenvalue weighted by molar-refractivity contribution is 7.89. The van der Waals surface area contributed by atoms with Crippen LogP contribution in [0.15, 0.2) is 53.4 Å². The lowest BCUT2D eigenvalue weighted by molar-refractivity contribution is -0.122. The van der Waals surface area contributed by atoms with E-state index in [1.807, 2.05) is 24.3 Å². The maximum atomic E-state index is 12.5. The standard InChI is InChI=1S/C24H29N3O3S/c1-27(2)31(29,30)22-12-10-21(11-13-22)20-8-6-18(7-9-20)15-19(17-25)16-24(28)23-5-3-4-14-26-23/h6-13,19,23,26H,3-5,14-16H2,1-2H3/t19-,23+/m1/s1. The maximum absolute atomic E-state index is 12.5. The van der Waals surface area contributed by atoms with E-state index in [2.05, 4.69) is 11.4 Å². The predicted octanol–water partition coefficient (Wildman–Crippen LogP) is 3.39. The minimum absolute atomic E-state index is 0.105. The van der Waals surface area contributed by atoms with Gasteiger partial charge in [0, 0.05) is 20.5 Å². The number of ketones is 1. The molecular formula is C24H29N3O3S. The van der Waals surface area contributed by atoms with Crippen LogP contribution in [0.3, 0.4) is 0 Å². The van der Waals surface area contributed by atoms with Crippen LogP contribution in [0, 0.1) is 17.2 Å². The molecule has 7 heteroatoms. The number of hydrogen-bond donors (Lipinski definition) is 1. The van der Waals surface area contributed by atoms with Crippen molar-refractivity contribution in [3.8, 4) is 17.2 Å². The van der Waals surface area contributed by atoms with E-state index in [9.17, 15) is 18.5 Å². The van der Waals surface area contributed by atoms with E-state index in [4.69, 9.17) is 0 Å². The third kappa shape index (κ3) is 5.79. The highest BCUT2D eigenvalue weighted by atomic mass is 32.2. The van der Waals surface area contributed by atoms with Gasteiger partial charge < -0.3 is 5.32 Å². The summed E-state index contributed by atoms with van der Waals surface area (Å²) in [6, 6.07) is 16.8. The maximum Gasteiger partial charge on any atom is 0.242 e. The molecular weight excluding hydrogens is 410 g/mol. The Morgan fingerprint density at radius 3 is 2.23 bits per heavy atom. The molecule has 0 amide bonds. The number of Topliss-reactive ketones (excluding diaryl/α,β-unsaturated/α-hetero) is 1. The molecule has 3 rings (SSSR count). The lowest BCUT2D eigenvalue weighted by atomic mass is 9.90. The van der Waals surface area contributed by atoms with Crippen molar-refractivity contribution in [1.82, 2.24) is 9.62 Å². The van der Waals surface area contributed by atoms with Gasteiger partial charge >= 0.3 is 0 Å². The quantitative estimate of drug-likeness (QED) is 0.681. The van der Waals surface area contributed by atoms with Crippen LogP contribution in [0.25, 0.3) is 11.1 Å². The topological polar surface area (TPSA) is 90.3 Å². The van der Waals surface area contributed by atoms with E-state index < -0.39 is 10.0 Å². The summed E-state index contributed by atoms with van der Waals surface area (Å²) in [5.41, 5.74) is 2.89. The van der Waals surface area contributed by atoms with Crippen LogP contribution in [0.5, 0.6) is 0 Å². The predicted molar refractivity (Wildman–Crippen MR) is 121 cm³/mol. The first-order valence-corrected chi connectivity index (χ1v) is 12.0. The van der Waals surface area contributed by atoms with Gasteiger partial charge in [-0.05, 0) is 54.6 Å². The molecule has 1 N–H and O–H groups in total. The summed E-state index contributed by atoms with van der Waals surface area (Å²) in [5.74, 6) is -0.201. The van der Waals surface area contributed by atoms with Crippen LogP contribution < -0.4 is 5.32 Å². The fourth-order valence-electron chi connectivity index (χ4n) is 3.82. The van der Waals surface area contributed by atoms with Crippen molar-refractivity contribution in [2.45, 2.75) is 43.0 Å². The Morgan fingerprint density at radius 2 is 1.71 bits per heavy atom. The molecule has 6 nitrogen and oxygen atoms in total. The zero-order chi connectivity index (χ0) is 22.4. The Morgan fingerprint density at radius 1 is 1.10 bits per heavy atom. The summed E-state index contributed by atoms with van der Waals surface area (Å²) in [6.07, 6.45) is 3.84. The zero-order valence-corrected chi connectivity index (χ0v) is 18.9. The molecule has 0 saturated carbocycles. The lowest BCUT2D eigenvalue weighted by Gasteiger charge is -2.23. The first kappa shape index (κ1) is 23.1. The van der Waals surface area contributed by atoms with E-state index in [1.54, 1.807) is 24.3 Å². The number of nitrogens with zero attached hydrogens (tertiary/aromatic N) is 2. The van der Waals surface area contributed by atoms with E-state index in [-0.39, 0.29) is 29.1 Å². The third-order valence-electron chi connectivity index (χ3n) is 5.73. The van der Waals surface area contributed by atoms with Gasteiger partial charge in [0.25, 0.3) is 0 Å². The average molecular weight is 440 g/mol. The largest absolute Gasteiger partial charge is 0.307 e. The molecule has 1 aliphatic heterocycles. The van der Waals surface area contributed by atoms with Gasteiger partial charge in [0.15, 0.2) is 5.78 Å². The molecule has 0 aromatic heterocycles. The number of sulfonamides is 1. The summed E-state index contributed by atoms with van der Waals surface area (Å²) >= 11 is 0. The molecule has 1 saturated heterocycles. The van der Waals surface area contributed by atoms with Crippen LogP contribution in [0.4, 0.5) is 0 Å². The van der Waals surface area contributed by atoms with Crippen molar-refractivity contribution < 1.29 is 13.2 Å². The van der Waals surface area contributed by atoms with Crippen LogP contribution in [-0.4, -0.2) is 45.2 Å². The average Bonchev–Trinajstić information content (AvgIpc) is 2.79. The smallest absolute Gasteiger partial charge is 0.242 e. The second-order valence-electron chi connectivity index (χ2n) is 8.21. The number of rotatable bonds is 8. The molecule has 164 valence electrons. The van der Waals surface area contributed by atoms with Crippen LogP contribution in [0.1, 0.15) is 31.2 Å². The SMILES string of the molecule is CN(C)S(=O)(=O)c1ccc(-c2ccc(C[C@@H](C#N)CC(=O)[C@@H]3CCCCN3)cc2)cc1. The van der Waals surface area contributed by atoms with E-state index in [0.29, 0.717) is 6.42 Å². The van der Waals surface area contributed by atoms with Gasteiger partial charge in [0.2, 0.25) is 10.0 Å². The van der Waals surface area contributed by atoms with Crippen molar-refractivity contribution >= 4 is 15.8 Å². The first-order chi connectivity index (χ1) is 14.8. The van der Waals surface area contributed by atoms with Gasteiger partial charge in [0.05, 0.1) is 22.9 Å². The number of benzene rings is 2. The Hall–Kier alpha value is -2.53. The Labute approximate surface area is 184 Å². The minimum Gasteiger partial charge on any atom is -0.307 e. The van der Waals surface area contributed by atoms with E-state index >= 15 is 0 Å². The van der Waals surface area contributed by atoms with Gasteiger partial charge in [-0.1, -0.05) is 42.8 Å². The van der Waals surface area contributed by atoms with Crippen molar-refractivity contribution in [1.29, 1.82) is 5.26 Å². The van der Waals surface area contributed by atoms with Crippen LogP contribution in [-0.2, 0) is 21.2 Å². The van der Waals surface area contributed by atoms with Crippen molar-refractivity contribution in [3.63, 3.8) is 0 Å². The summed E-state index contributed by atoms with van der Waals surface area (Å²) in [7, 11) is -0.427. The number of nitriles is 1. The summed E-state index contributed by atoms with van der Waals surface area (Å²) in [5, 5.41) is 12.8. The number of piperidine rings is 1. The molecule has 0 bridgehead atoms. The molecule has 2 aromatic carbocycles. The fraction of sp³-hybridized carbons (Fsp3) is 0.417. The second kappa shape index (κ2) is 10.2. The molecule has 1 fully saturated rings. The summed E-state index contributed by atoms with van der Waals surface area (Å²) in [6.45, 7) is 0.872. The van der Waals surface area contributed by atoms with Gasteiger partial charge in [-0.25, -0.2) is 12.7 Å². The highest BCUT2D eigenvalue weighted by Crippen LogP contribution is 2.24. The molecule has 0 aliphatic carbocycles. The number of hydrogen-bond acceptors (Lipinski definition) is 5. The minimum atomic E-state index is -3.45. The summed E-state index contributed by atoms with van der Waals surface area (Å²) < 4.78 is 25.6. The van der Waals surface area contributed by atoms with E-state index in [1.165, 1.54) is 18.4 Å². The number of carbonyl (C=O) groups is 1. The Balaban J connectivity index is 1.64. The van der Waals surface area contributed by atoms with Gasteiger partial charge in [-0.3, -0.25) is 4.79 Å². The molecule has 0 spiro atoms. The number of nitrogens with one attached hydrogen (secondary N) is 1. The number of carbonyl (C=O) groups excluding carboxylic acids is 1. The summed E-state index contributed by atoms with van der Waals surface area (Å²) in [4.78, 5) is 12.7. The van der Waals surface area contributed by atoms with E-state index in [0.717, 1.165) is 42.5 Å². The van der Waals surface area contributed by atoms with Gasteiger partial charge in [0.1, 0.15) is 0 Å². The monoisotopic (exact) mass is 439 g/mol. The second-order valence-corrected chi connectivity index (χ2v) is 10.4. The Bertz CT molecular complexity index is 1030. The molecule has 1 aliphatic rings. The van der Waals surface area contributed by atoms with Crippen molar-refractivity contribution in [3.05, 3.63) is 54.1 Å². The van der Waals surface area contributed by atoms with Crippen LogP contribution >= 0.6 is 0 Å². The molecule has 0 unspecified atom stereocenters. The molecule has 2 atom stereocenters. The molecule has 2 aromatic rings. The normalized spacial score (nSPS) is 17.8. The molecule has 0 radical (unpaired) electrons. The molecule has 1 heterocycles. The first-order valence-electron chi connectivity index (χ1n) is 10.6. The fourth-order valence-corrected chi connectivity index (χ4v) is 4.72. The van der Waals surface area contributed by atoms with Crippen molar-refractivity contribution in [2.75, 3.05) is 20.6 Å². The Kier molecular flexibility index (Phi) is 7.60. The lowest BCUT2D eigenvalue weighted by Crippen LogP contribution is -2.41. The third-order valence-corrected chi connectivity index (χ3v) is 7.56. The van der Waals surface area contributed by atoms with Crippen LogP contribution in [0.2, 0.25) is 0 Å². The van der Waals surface area contributed by atoms with Crippen molar-refractivity contribution in [2.24, 2.45) is 5.92 Å². The zero-order valence-electron chi connectivity index (χ0n) is 18.0. The highest BCUT2D eigenvalue weighted by Gasteiger charge is 2.23.